The highest BCUT2D eigenvalue weighted by molar-refractivity contribution is 7.93. The molecule has 1 fully saturated rings. The maximum Gasteiger partial charge on any atom is 0.308 e. The fourth-order valence-electron chi connectivity index (χ4n) is 1.68. The summed E-state index contributed by atoms with van der Waals surface area (Å²) in [5.74, 6) is -0.0511. The zero-order chi connectivity index (χ0) is 12.5. The summed E-state index contributed by atoms with van der Waals surface area (Å²) in [4.78, 5) is 14.9. The van der Waals surface area contributed by atoms with Crippen molar-refractivity contribution in [2.75, 3.05) is 16.6 Å². The van der Waals surface area contributed by atoms with Gasteiger partial charge in [-0.15, -0.1) is 0 Å². The third-order valence-electron chi connectivity index (χ3n) is 2.34. The van der Waals surface area contributed by atoms with Gasteiger partial charge in [0.2, 0.25) is 10.0 Å². The van der Waals surface area contributed by atoms with Crippen LogP contribution in [-0.4, -0.2) is 31.7 Å². The number of anilines is 1. The van der Waals surface area contributed by atoms with Crippen molar-refractivity contribution in [2.24, 2.45) is 0 Å². The van der Waals surface area contributed by atoms with E-state index in [0.717, 1.165) is 0 Å². The molecule has 0 radical (unpaired) electrons. The first kappa shape index (κ1) is 11.8. The number of rotatable bonds is 2. The Balaban J connectivity index is 2.41. The highest BCUT2D eigenvalue weighted by Crippen LogP contribution is 2.30. The number of aromatic nitrogens is 1. The van der Waals surface area contributed by atoms with Gasteiger partial charge in [0.05, 0.1) is 5.75 Å². The smallest absolute Gasteiger partial charge is 0.308 e. The first-order valence-corrected chi connectivity index (χ1v) is 6.75. The molecule has 0 atom stereocenters. The third-order valence-corrected chi connectivity index (χ3v) is 4.17. The maximum atomic E-state index is 11.7. The van der Waals surface area contributed by atoms with Crippen molar-refractivity contribution >= 4 is 21.8 Å². The topological polar surface area (TPSA) is 76.6 Å². The number of hydrogen-bond donors (Lipinski definition) is 0. The second kappa shape index (κ2) is 4.33. The zero-order valence-electron chi connectivity index (χ0n) is 9.29. The maximum absolute atomic E-state index is 11.7. The van der Waals surface area contributed by atoms with E-state index in [1.54, 1.807) is 6.07 Å². The van der Waals surface area contributed by atoms with E-state index in [-0.39, 0.29) is 17.3 Å². The van der Waals surface area contributed by atoms with Crippen LogP contribution >= 0.6 is 0 Å². The van der Waals surface area contributed by atoms with Gasteiger partial charge < -0.3 is 4.74 Å². The van der Waals surface area contributed by atoms with Crippen LogP contribution in [0.2, 0.25) is 0 Å². The van der Waals surface area contributed by atoms with Crippen LogP contribution in [0.3, 0.4) is 0 Å². The van der Waals surface area contributed by atoms with Crippen LogP contribution in [0.4, 0.5) is 5.82 Å². The summed E-state index contributed by atoms with van der Waals surface area (Å²) >= 11 is 0. The Labute approximate surface area is 99.3 Å². The minimum atomic E-state index is -3.32. The Morgan fingerprint density at radius 2 is 2.29 bits per heavy atom. The number of hydrogen-bond acceptors (Lipinski definition) is 5. The summed E-state index contributed by atoms with van der Waals surface area (Å²) < 4.78 is 29.6. The molecule has 7 heteroatoms. The predicted molar refractivity (Wildman–Crippen MR) is 61.3 cm³/mol. The first-order chi connectivity index (χ1) is 8.00. The molecule has 0 saturated carbocycles. The first-order valence-electron chi connectivity index (χ1n) is 5.14. The van der Waals surface area contributed by atoms with Gasteiger partial charge in [0, 0.05) is 19.7 Å². The van der Waals surface area contributed by atoms with Crippen molar-refractivity contribution in [3.63, 3.8) is 0 Å². The molecule has 1 aromatic rings. The lowest BCUT2D eigenvalue weighted by molar-refractivity contribution is -0.131. The highest BCUT2D eigenvalue weighted by atomic mass is 32.2. The summed E-state index contributed by atoms with van der Waals surface area (Å²) in [7, 11) is -3.32. The van der Waals surface area contributed by atoms with Gasteiger partial charge in [0.15, 0.2) is 11.6 Å². The Kier molecular flexibility index (Phi) is 3.01. The molecule has 0 aromatic carbocycles. The van der Waals surface area contributed by atoms with E-state index in [2.05, 4.69) is 4.98 Å². The van der Waals surface area contributed by atoms with E-state index >= 15 is 0 Å². The van der Waals surface area contributed by atoms with E-state index in [1.807, 2.05) is 0 Å². The molecule has 17 heavy (non-hydrogen) atoms. The average molecular weight is 256 g/mol. The van der Waals surface area contributed by atoms with Crippen LogP contribution in [0, 0.1) is 0 Å². The molecule has 2 rings (SSSR count). The lowest BCUT2D eigenvalue weighted by atomic mass is 10.4. The molecule has 0 amide bonds. The number of carbonyl (C=O) groups is 1. The molecular formula is C10H12N2O4S. The van der Waals surface area contributed by atoms with Crippen molar-refractivity contribution in [1.82, 2.24) is 4.98 Å². The van der Waals surface area contributed by atoms with Gasteiger partial charge in [-0.2, -0.15) is 0 Å². The van der Waals surface area contributed by atoms with Crippen molar-refractivity contribution in [3.05, 3.63) is 18.3 Å². The van der Waals surface area contributed by atoms with Gasteiger partial charge in [0.25, 0.3) is 0 Å². The van der Waals surface area contributed by atoms with Crippen LogP contribution in [-0.2, 0) is 14.8 Å². The van der Waals surface area contributed by atoms with Crippen LogP contribution < -0.4 is 9.04 Å². The second-order valence-corrected chi connectivity index (χ2v) is 5.67. The fourth-order valence-corrected chi connectivity index (χ4v) is 3.20. The molecule has 92 valence electrons. The fraction of sp³-hybridized carbons (Fsp3) is 0.400. The van der Waals surface area contributed by atoms with Gasteiger partial charge in [-0.25, -0.2) is 13.4 Å². The summed E-state index contributed by atoms with van der Waals surface area (Å²) in [6.07, 6.45) is 2.02. The molecule has 0 aliphatic carbocycles. The normalized spacial score (nSPS) is 18.1. The molecule has 1 aliphatic rings. The molecule has 0 spiro atoms. The highest BCUT2D eigenvalue weighted by Gasteiger charge is 2.31. The molecule has 6 nitrogen and oxygen atoms in total. The summed E-state index contributed by atoms with van der Waals surface area (Å²) in [6, 6.07) is 3.11. The number of ether oxygens (including phenoxy) is 1. The number of esters is 1. The molecule has 1 aliphatic heterocycles. The largest absolute Gasteiger partial charge is 0.423 e. The van der Waals surface area contributed by atoms with Gasteiger partial charge in [0.1, 0.15) is 0 Å². The summed E-state index contributed by atoms with van der Waals surface area (Å²) in [5, 5.41) is 0. The number of carbonyl (C=O) groups excluding carboxylic acids is 1. The predicted octanol–water partition coefficient (Wildman–Crippen LogP) is 0.547. The minimum absolute atomic E-state index is 0.100. The van der Waals surface area contributed by atoms with E-state index in [1.165, 1.54) is 23.5 Å². The second-order valence-electron chi connectivity index (χ2n) is 3.66. The van der Waals surface area contributed by atoms with Crippen LogP contribution in [0.5, 0.6) is 5.75 Å². The van der Waals surface area contributed by atoms with Crippen molar-refractivity contribution in [1.29, 1.82) is 0 Å². The monoisotopic (exact) mass is 256 g/mol. The SMILES string of the molecule is CC(=O)Oc1cccnc1N1CCCS1(=O)=O. The van der Waals surface area contributed by atoms with Crippen LogP contribution in [0.25, 0.3) is 0 Å². The average Bonchev–Trinajstić information content (AvgIpc) is 2.58. The van der Waals surface area contributed by atoms with Crippen LogP contribution in [0.15, 0.2) is 18.3 Å². The molecule has 0 unspecified atom stereocenters. The van der Waals surface area contributed by atoms with Gasteiger partial charge in [-0.3, -0.25) is 9.10 Å². The summed E-state index contributed by atoms with van der Waals surface area (Å²) in [5.41, 5.74) is 0. The zero-order valence-corrected chi connectivity index (χ0v) is 10.1. The molecule has 0 bridgehead atoms. The standard InChI is InChI=1S/C10H12N2O4S/c1-8(13)16-9-4-2-5-11-10(9)12-6-3-7-17(12,14)15/h2,4-5H,3,6-7H2,1H3. The number of nitrogens with zero attached hydrogens (tertiary/aromatic N) is 2. The molecular weight excluding hydrogens is 244 g/mol. The quantitative estimate of drug-likeness (QED) is 0.722. The molecule has 1 saturated heterocycles. The van der Waals surface area contributed by atoms with Gasteiger partial charge in [-0.1, -0.05) is 0 Å². The lowest BCUT2D eigenvalue weighted by Crippen LogP contribution is -2.26. The van der Waals surface area contributed by atoms with Gasteiger partial charge >= 0.3 is 5.97 Å². The Bertz CT molecular complexity index is 541. The number of pyridine rings is 1. The molecule has 1 aromatic heterocycles. The van der Waals surface area contributed by atoms with Gasteiger partial charge in [-0.05, 0) is 18.6 Å². The third kappa shape index (κ3) is 2.38. The Morgan fingerprint density at radius 3 is 2.88 bits per heavy atom. The minimum Gasteiger partial charge on any atom is -0.423 e. The van der Waals surface area contributed by atoms with E-state index in [0.29, 0.717) is 13.0 Å². The van der Waals surface area contributed by atoms with E-state index in [4.69, 9.17) is 4.74 Å². The number of sulfonamides is 1. The Morgan fingerprint density at radius 1 is 1.53 bits per heavy atom. The van der Waals surface area contributed by atoms with Crippen molar-refractivity contribution in [2.45, 2.75) is 13.3 Å². The van der Waals surface area contributed by atoms with Crippen LogP contribution in [0.1, 0.15) is 13.3 Å². The molecule has 0 N–H and O–H groups in total. The summed E-state index contributed by atoms with van der Waals surface area (Å²) in [6.45, 7) is 1.63. The van der Waals surface area contributed by atoms with E-state index in [9.17, 15) is 13.2 Å². The Hall–Kier alpha value is -1.63. The van der Waals surface area contributed by atoms with E-state index < -0.39 is 16.0 Å². The lowest BCUT2D eigenvalue weighted by Gasteiger charge is -2.17. The van der Waals surface area contributed by atoms with Crippen molar-refractivity contribution < 1.29 is 17.9 Å². The molecule has 2 heterocycles. The van der Waals surface area contributed by atoms with Crippen molar-refractivity contribution in [3.8, 4) is 5.75 Å².